The van der Waals surface area contributed by atoms with Crippen molar-refractivity contribution >= 4 is 66.3 Å². The highest BCUT2D eigenvalue weighted by atomic mass is 16.3. The van der Waals surface area contributed by atoms with E-state index in [0.29, 0.717) is 0 Å². The van der Waals surface area contributed by atoms with E-state index in [9.17, 15) is 0 Å². The lowest BCUT2D eigenvalue weighted by molar-refractivity contribution is 0.665. The van der Waals surface area contributed by atoms with Gasteiger partial charge in [0, 0.05) is 44.4 Å². The van der Waals surface area contributed by atoms with Crippen LogP contribution in [0.15, 0.2) is 165 Å². The largest absolute Gasteiger partial charge is 0.456 e. The van der Waals surface area contributed by atoms with E-state index in [1.54, 1.807) is 12.4 Å². The smallest absolute Gasteiger partial charge is 0.170 e. The van der Waals surface area contributed by atoms with E-state index in [1.165, 1.54) is 0 Å². The molecule has 0 bridgehead atoms. The third-order valence-corrected chi connectivity index (χ3v) is 9.27. The van der Waals surface area contributed by atoms with Crippen molar-refractivity contribution in [1.29, 1.82) is 0 Å². The van der Waals surface area contributed by atoms with E-state index in [4.69, 9.17) is 18.8 Å². The molecular formula is C42H26N4O2. The monoisotopic (exact) mass is 618 g/mol. The molecule has 6 aromatic carbocycles. The number of para-hydroxylation sites is 1. The van der Waals surface area contributed by atoms with Crippen LogP contribution in [0.4, 0.5) is 0 Å². The standard InChI is InChI=1S/C42H26N4O2/c1-2-10-25(11-3-1)40-44-41(46-42(45-40)33-18-9-21-36-39(33)32-22-23-43-24-37(32)48-36)30-17-7-13-26-27(14-6-15-28(26)30)29-16-8-20-35-38(29)31-12-4-5-19-34(31)47-35/h1-24,42H,(H,44,45,46). The molecule has 0 spiro atoms. The Bertz CT molecular complexity index is 2770. The molecule has 0 amide bonds. The number of fused-ring (bicyclic) bond motifs is 7. The van der Waals surface area contributed by atoms with E-state index in [0.717, 1.165) is 94.1 Å². The third-order valence-electron chi connectivity index (χ3n) is 9.27. The van der Waals surface area contributed by atoms with Gasteiger partial charge in [-0.3, -0.25) is 4.98 Å². The van der Waals surface area contributed by atoms with Crippen molar-refractivity contribution in [2.75, 3.05) is 0 Å². The zero-order chi connectivity index (χ0) is 31.6. The first-order valence-electron chi connectivity index (χ1n) is 16.0. The summed E-state index contributed by atoms with van der Waals surface area (Å²) in [5.41, 5.74) is 8.54. The minimum Gasteiger partial charge on any atom is -0.456 e. The van der Waals surface area contributed by atoms with Gasteiger partial charge in [0.15, 0.2) is 11.7 Å². The summed E-state index contributed by atoms with van der Waals surface area (Å²) in [4.78, 5) is 14.8. The summed E-state index contributed by atoms with van der Waals surface area (Å²) < 4.78 is 12.4. The maximum atomic E-state index is 6.25. The number of rotatable bonds is 4. The Morgan fingerprint density at radius 3 is 1.98 bits per heavy atom. The number of aliphatic imine (C=N–C) groups is 2. The highest BCUT2D eigenvalue weighted by molar-refractivity contribution is 6.22. The van der Waals surface area contributed by atoms with E-state index in [2.05, 4.69) is 89.2 Å². The van der Waals surface area contributed by atoms with Gasteiger partial charge in [-0.25, -0.2) is 9.98 Å². The Hall–Kier alpha value is -6.53. The number of nitrogens with zero attached hydrogens (tertiary/aromatic N) is 3. The zero-order valence-corrected chi connectivity index (χ0v) is 25.6. The maximum absolute atomic E-state index is 6.25. The molecule has 1 atom stereocenters. The SMILES string of the molecule is c1ccc(C2=NC(c3cccc4oc5cnccc5c34)N=C(c3cccc4c(-c5cccc6oc7ccccc7c56)cccc34)N2)cc1. The summed E-state index contributed by atoms with van der Waals surface area (Å²) in [5, 5.41) is 10.1. The quantitative estimate of drug-likeness (QED) is 0.213. The minimum absolute atomic E-state index is 0.501. The molecular weight excluding hydrogens is 592 g/mol. The first-order valence-corrected chi connectivity index (χ1v) is 16.0. The molecule has 9 aromatic rings. The topological polar surface area (TPSA) is 75.9 Å². The molecule has 10 rings (SSSR count). The fourth-order valence-electron chi connectivity index (χ4n) is 7.14. The van der Waals surface area contributed by atoms with Crippen LogP contribution in [-0.4, -0.2) is 16.7 Å². The van der Waals surface area contributed by atoms with Crippen LogP contribution in [0, 0.1) is 0 Å². The highest BCUT2D eigenvalue weighted by Gasteiger charge is 2.25. The lowest BCUT2D eigenvalue weighted by Crippen LogP contribution is -2.36. The number of aromatic nitrogens is 1. The van der Waals surface area contributed by atoms with Crippen molar-refractivity contribution in [2.24, 2.45) is 9.98 Å². The van der Waals surface area contributed by atoms with Gasteiger partial charge in [-0.15, -0.1) is 0 Å². The highest BCUT2D eigenvalue weighted by Crippen LogP contribution is 2.41. The van der Waals surface area contributed by atoms with Gasteiger partial charge in [-0.05, 0) is 46.2 Å². The van der Waals surface area contributed by atoms with Gasteiger partial charge in [-0.2, -0.15) is 0 Å². The van der Waals surface area contributed by atoms with Gasteiger partial charge in [0.1, 0.15) is 28.4 Å². The zero-order valence-electron chi connectivity index (χ0n) is 25.6. The molecule has 0 saturated carbocycles. The average molecular weight is 619 g/mol. The van der Waals surface area contributed by atoms with E-state index in [1.807, 2.05) is 54.6 Å². The van der Waals surface area contributed by atoms with Crippen LogP contribution in [-0.2, 0) is 0 Å². The fraction of sp³-hybridized carbons (Fsp3) is 0.0238. The number of furan rings is 2. The van der Waals surface area contributed by atoms with E-state index < -0.39 is 6.17 Å². The van der Waals surface area contributed by atoms with Crippen molar-refractivity contribution in [3.63, 3.8) is 0 Å². The summed E-state index contributed by atoms with van der Waals surface area (Å²) in [5.74, 6) is 1.52. The van der Waals surface area contributed by atoms with Crippen LogP contribution >= 0.6 is 0 Å². The number of hydrogen-bond donors (Lipinski definition) is 1. The van der Waals surface area contributed by atoms with Crippen molar-refractivity contribution < 1.29 is 8.83 Å². The van der Waals surface area contributed by atoms with Crippen LogP contribution in [0.5, 0.6) is 0 Å². The summed E-state index contributed by atoms with van der Waals surface area (Å²) >= 11 is 0. The van der Waals surface area contributed by atoms with Crippen LogP contribution in [0.3, 0.4) is 0 Å². The van der Waals surface area contributed by atoms with Gasteiger partial charge in [0.05, 0.1) is 6.20 Å². The molecule has 0 saturated heterocycles. The molecule has 0 fully saturated rings. The van der Waals surface area contributed by atoms with Crippen molar-refractivity contribution in [3.05, 3.63) is 163 Å². The summed E-state index contributed by atoms with van der Waals surface area (Å²) in [6.45, 7) is 0. The second-order valence-electron chi connectivity index (χ2n) is 12.0. The Labute approximate surface area is 274 Å². The van der Waals surface area contributed by atoms with Crippen LogP contribution in [0.25, 0.3) is 65.8 Å². The lowest BCUT2D eigenvalue weighted by Gasteiger charge is -2.23. The average Bonchev–Trinajstić information content (AvgIpc) is 3.73. The summed E-state index contributed by atoms with van der Waals surface area (Å²) in [6.07, 6.45) is 3.05. The van der Waals surface area contributed by atoms with Gasteiger partial charge >= 0.3 is 0 Å². The first-order chi connectivity index (χ1) is 23.8. The molecule has 3 aromatic heterocycles. The lowest BCUT2D eigenvalue weighted by atomic mass is 9.92. The normalized spacial score (nSPS) is 14.9. The van der Waals surface area contributed by atoms with Crippen LogP contribution in [0.2, 0.25) is 0 Å². The van der Waals surface area contributed by atoms with Crippen molar-refractivity contribution in [1.82, 2.24) is 10.3 Å². The van der Waals surface area contributed by atoms with E-state index in [-0.39, 0.29) is 0 Å². The Morgan fingerprint density at radius 1 is 0.458 bits per heavy atom. The Kier molecular flexibility index (Phi) is 5.84. The second-order valence-corrected chi connectivity index (χ2v) is 12.0. The maximum Gasteiger partial charge on any atom is 0.170 e. The molecule has 6 nitrogen and oxygen atoms in total. The molecule has 1 N–H and O–H groups in total. The molecule has 0 aliphatic carbocycles. The van der Waals surface area contributed by atoms with Crippen molar-refractivity contribution in [3.8, 4) is 11.1 Å². The number of benzene rings is 6. The summed E-state index contributed by atoms with van der Waals surface area (Å²) in [7, 11) is 0. The Balaban J connectivity index is 1.18. The number of nitrogens with one attached hydrogen (secondary N) is 1. The molecule has 6 heteroatoms. The van der Waals surface area contributed by atoms with Gasteiger partial charge < -0.3 is 14.2 Å². The summed E-state index contributed by atoms with van der Waals surface area (Å²) in [6, 6.07) is 45.8. The van der Waals surface area contributed by atoms with Gasteiger partial charge in [-0.1, -0.05) is 109 Å². The van der Waals surface area contributed by atoms with Gasteiger partial charge in [0.25, 0.3) is 0 Å². The molecule has 1 aliphatic heterocycles. The van der Waals surface area contributed by atoms with Crippen molar-refractivity contribution in [2.45, 2.75) is 6.17 Å². The minimum atomic E-state index is -0.501. The van der Waals surface area contributed by atoms with Crippen LogP contribution in [0.1, 0.15) is 22.9 Å². The first kappa shape index (κ1) is 26.7. The molecule has 0 radical (unpaired) electrons. The third kappa shape index (κ3) is 4.09. The van der Waals surface area contributed by atoms with Crippen LogP contribution < -0.4 is 5.32 Å². The molecule has 1 unspecified atom stereocenters. The molecule has 4 heterocycles. The van der Waals surface area contributed by atoms with E-state index >= 15 is 0 Å². The second kappa shape index (κ2) is 10.5. The molecule has 1 aliphatic rings. The molecule has 226 valence electrons. The predicted molar refractivity (Wildman–Crippen MR) is 194 cm³/mol. The number of pyridine rings is 1. The number of amidine groups is 2. The van der Waals surface area contributed by atoms with Gasteiger partial charge in [0.2, 0.25) is 0 Å². The predicted octanol–water partition coefficient (Wildman–Crippen LogP) is 10.2. The fourth-order valence-corrected chi connectivity index (χ4v) is 7.14. The Morgan fingerprint density at radius 2 is 1.08 bits per heavy atom. The number of hydrogen-bond acceptors (Lipinski definition) is 6. The molecule has 48 heavy (non-hydrogen) atoms.